The third kappa shape index (κ3) is 3.25. The van der Waals surface area contributed by atoms with E-state index in [-0.39, 0.29) is 5.56 Å². The minimum atomic E-state index is -1.05. The molecule has 0 fully saturated rings. The van der Waals surface area contributed by atoms with Gasteiger partial charge in [0.2, 0.25) is 0 Å². The molecule has 0 aliphatic heterocycles. The molecule has 6 heteroatoms. The molecule has 5 nitrogen and oxygen atoms in total. The van der Waals surface area contributed by atoms with Gasteiger partial charge in [0, 0.05) is 6.20 Å². The van der Waals surface area contributed by atoms with Gasteiger partial charge in [0.05, 0.1) is 10.6 Å². The monoisotopic (exact) mass is 227 g/mol. The maximum absolute atomic E-state index is 10.6. The number of aromatic nitrogens is 1. The molecule has 15 heavy (non-hydrogen) atoms. The molecule has 0 amide bonds. The molecule has 1 unspecified atom stereocenters. The summed E-state index contributed by atoms with van der Waals surface area (Å²) in [6, 6.07) is 2.71. The van der Waals surface area contributed by atoms with E-state index < -0.39 is 17.2 Å². The van der Waals surface area contributed by atoms with Gasteiger partial charge in [0.25, 0.3) is 0 Å². The zero-order valence-electron chi connectivity index (χ0n) is 7.88. The van der Waals surface area contributed by atoms with Crippen LogP contribution in [0.3, 0.4) is 0 Å². The van der Waals surface area contributed by atoms with Crippen molar-refractivity contribution in [2.75, 3.05) is 0 Å². The molecular weight excluding hydrogens is 218 g/mol. The van der Waals surface area contributed by atoms with E-state index >= 15 is 0 Å². The van der Waals surface area contributed by atoms with Gasteiger partial charge in [-0.05, 0) is 19.1 Å². The minimum absolute atomic E-state index is 0.102. The topological polar surface area (TPSA) is 87.5 Å². The lowest BCUT2D eigenvalue weighted by Gasteiger charge is -2.05. The summed E-state index contributed by atoms with van der Waals surface area (Å²) >= 11 is 1.01. The molecule has 0 saturated heterocycles. The van der Waals surface area contributed by atoms with Crippen molar-refractivity contribution in [3.63, 3.8) is 0 Å². The van der Waals surface area contributed by atoms with Crippen LogP contribution < -0.4 is 0 Å². The van der Waals surface area contributed by atoms with Crippen LogP contribution in [-0.2, 0) is 4.79 Å². The van der Waals surface area contributed by atoms with E-state index in [1.54, 1.807) is 0 Å². The van der Waals surface area contributed by atoms with Crippen molar-refractivity contribution in [3.8, 4) is 0 Å². The Balaban J connectivity index is 2.82. The number of carbonyl (C=O) groups is 2. The molecule has 0 aliphatic rings. The van der Waals surface area contributed by atoms with Gasteiger partial charge in [-0.2, -0.15) is 0 Å². The average molecular weight is 227 g/mol. The number of pyridine rings is 1. The zero-order valence-corrected chi connectivity index (χ0v) is 8.69. The van der Waals surface area contributed by atoms with Crippen LogP contribution in [0.5, 0.6) is 0 Å². The van der Waals surface area contributed by atoms with Crippen LogP contribution in [0.25, 0.3) is 0 Å². The normalized spacial score (nSPS) is 12.1. The quantitative estimate of drug-likeness (QED) is 0.755. The van der Waals surface area contributed by atoms with Gasteiger partial charge in [-0.1, -0.05) is 11.8 Å². The first-order valence-corrected chi connectivity index (χ1v) is 4.97. The number of aliphatic carboxylic acids is 1. The molecule has 0 aliphatic carbocycles. The fourth-order valence-electron chi connectivity index (χ4n) is 0.838. The predicted octanol–water partition coefficient (Wildman–Crippen LogP) is 1.35. The Bertz CT molecular complexity index is 393. The van der Waals surface area contributed by atoms with Gasteiger partial charge >= 0.3 is 11.9 Å². The van der Waals surface area contributed by atoms with Gasteiger partial charge in [-0.15, -0.1) is 0 Å². The smallest absolute Gasteiger partial charge is 0.335 e. The lowest BCUT2D eigenvalue weighted by Crippen LogP contribution is -2.11. The van der Waals surface area contributed by atoms with E-state index in [1.165, 1.54) is 25.3 Å². The van der Waals surface area contributed by atoms with Gasteiger partial charge in [0.15, 0.2) is 0 Å². The highest BCUT2D eigenvalue weighted by molar-refractivity contribution is 8.00. The molecule has 80 valence electrons. The molecule has 1 atom stereocenters. The van der Waals surface area contributed by atoms with E-state index in [2.05, 4.69) is 4.98 Å². The van der Waals surface area contributed by atoms with Gasteiger partial charge < -0.3 is 10.2 Å². The van der Waals surface area contributed by atoms with E-state index in [0.29, 0.717) is 5.03 Å². The number of aromatic carboxylic acids is 1. The Morgan fingerprint density at radius 1 is 1.47 bits per heavy atom. The van der Waals surface area contributed by atoms with Crippen LogP contribution >= 0.6 is 11.8 Å². The standard InChI is InChI=1S/C9H9NO4S/c1-5(8(11)12)15-7-4-6(9(13)14)2-3-10-7/h2-5H,1H3,(H,11,12)(H,13,14). The fraction of sp³-hybridized carbons (Fsp3) is 0.222. The highest BCUT2D eigenvalue weighted by Crippen LogP contribution is 2.21. The van der Waals surface area contributed by atoms with Gasteiger partial charge in [-0.3, -0.25) is 4.79 Å². The molecule has 1 rings (SSSR count). The van der Waals surface area contributed by atoms with Crippen molar-refractivity contribution in [2.45, 2.75) is 17.2 Å². The van der Waals surface area contributed by atoms with Crippen LogP contribution in [0.1, 0.15) is 17.3 Å². The summed E-state index contributed by atoms with van der Waals surface area (Å²) in [6.07, 6.45) is 1.35. The molecule has 0 aromatic carbocycles. The van der Waals surface area contributed by atoms with Crippen LogP contribution in [0.4, 0.5) is 0 Å². The maximum atomic E-state index is 10.6. The number of carboxylic acid groups (broad SMARTS) is 2. The second-order valence-corrected chi connectivity index (χ2v) is 4.15. The molecule has 1 aromatic heterocycles. The van der Waals surface area contributed by atoms with Crippen molar-refractivity contribution in [3.05, 3.63) is 23.9 Å². The number of thioether (sulfide) groups is 1. The summed E-state index contributed by atoms with van der Waals surface area (Å²) in [4.78, 5) is 25.1. The molecule has 0 bridgehead atoms. The summed E-state index contributed by atoms with van der Waals surface area (Å²) in [6.45, 7) is 1.52. The fourth-order valence-corrected chi connectivity index (χ4v) is 1.62. The lowest BCUT2D eigenvalue weighted by molar-refractivity contribution is -0.136. The highest BCUT2D eigenvalue weighted by atomic mass is 32.2. The largest absolute Gasteiger partial charge is 0.480 e. The van der Waals surface area contributed by atoms with E-state index in [4.69, 9.17) is 10.2 Å². The van der Waals surface area contributed by atoms with Crippen LogP contribution in [-0.4, -0.2) is 32.4 Å². The Morgan fingerprint density at radius 2 is 2.13 bits per heavy atom. The third-order valence-electron chi connectivity index (χ3n) is 1.63. The van der Waals surface area contributed by atoms with Gasteiger partial charge in [-0.25, -0.2) is 9.78 Å². The Kier molecular flexibility index (Phi) is 3.68. The van der Waals surface area contributed by atoms with E-state index in [0.717, 1.165) is 11.8 Å². The number of hydrogen-bond donors (Lipinski definition) is 2. The highest BCUT2D eigenvalue weighted by Gasteiger charge is 2.14. The SMILES string of the molecule is CC(Sc1cc(C(=O)O)ccn1)C(=O)O. The first-order valence-electron chi connectivity index (χ1n) is 4.09. The van der Waals surface area contributed by atoms with E-state index in [1.807, 2.05) is 0 Å². The number of nitrogens with zero attached hydrogens (tertiary/aromatic N) is 1. The van der Waals surface area contributed by atoms with Crippen LogP contribution in [0, 0.1) is 0 Å². The zero-order chi connectivity index (χ0) is 11.4. The summed E-state index contributed by atoms with van der Waals surface area (Å²) in [5.41, 5.74) is 0.102. The van der Waals surface area contributed by atoms with Crippen molar-refractivity contribution in [1.82, 2.24) is 4.98 Å². The number of hydrogen-bond acceptors (Lipinski definition) is 4. The molecular formula is C9H9NO4S. The first kappa shape index (κ1) is 11.5. The molecule has 0 spiro atoms. The first-order chi connectivity index (χ1) is 7.00. The Labute approximate surface area is 90.1 Å². The third-order valence-corrected chi connectivity index (χ3v) is 2.65. The summed E-state index contributed by atoms with van der Waals surface area (Å²) in [5, 5.41) is 17.1. The summed E-state index contributed by atoms with van der Waals surface area (Å²) < 4.78 is 0. The van der Waals surface area contributed by atoms with Crippen molar-refractivity contribution in [2.24, 2.45) is 0 Å². The Morgan fingerprint density at radius 3 is 2.67 bits per heavy atom. The van der Waals surface area contributed by atoms with Crippen molar-refractivity contribution in [1.29, 1.82) is 0 Å². The second kappa shape index (κ2) is 4.79. The van der Waals surface area contributed by atoms with Crippen LogP contribution in [0.2, 0.25) is 0 Å². The number of rotatable bonds is 4. The maximum Gasteiger partial charge on any atom is 0.335 e. The van der Waals surface area contributed by atoms with E-state index in [9.17, 15) is 9.59 Å². The minimum Gasteiger partial charge on any atom is -0.480 e. The second-order valence-electron chi connectivity index (χ2n) is 2.79. The predicted molar refractivity (Wildman–Crippen MR) is 54.2 cm³/mol. The lowest BCUT2D eigenvalue weighted by atomic mass is 10.3. The average Bonchev–Trinajstić information content (AvgIpc) is 2.18. The summed E-state index contributed by atoms with van der Waals surface area (Å²) in [5.74, 6) is -2.01. The number of carboxylic acids is 2. The summed E-state index contributed by atoms with van der Waals surface area (Å²) in [7, 11) is 0. The molecule has 2 N–H and O–H groups in total. The van der Waals surface area contributed by atoms with Crippen molar-refractivity contribution >= 4 is 23.7 Å². The molecule has 1 aromatic rings. The van der Waals surface area contributed by atoms with Crippen molar-refractivity contribution < 1.29 is 19.8 Å². The van der Waals surface area contributed by atoms with Gasteiger partial charge in [0.1, 0.15) is 5.25 Å². The molecule has 0 radical (unpaired) electrons. The molecule has 0 saturated carbocycles. The van der Waals surface area contributed by atoms with Crippen LogP contribution in [0.15, 0.2) is 23.4 Å². The molecule has 1 heterocycles. The Hall–Kier alpha value is -1.56.